The van der Waals surface area contributed by atoms with Crippen LogP contribution in [0.1, 0.15) is 46.0 Å². The van der Waals surface area contributed by atoms with Gasteiger partial charge < -0.3 is 5.73 Å². The zero-order valence-electron chi connectivity index (χ0n) is 11.5. The van der Waals surface area contributed by atoms with Crippen molar-refractivity contribution in [2.75, 3.05) is 25.4 Å². The van der Waals surface area contributed by atoms with E-state index in [1.807, 2.05) is 0 Å². The number of rotatable bonds is 3. The highest BCUT2D eigenvalue weighted by Gasteiger charge is 2.40. The van der Waals surface area contributed by atoms with E-state index in [9.17, 15) is 0 Å². The summed E-state index contributed by atoms with van der Waals surface area (Å²) < 4.78 is 0. The van der Waals surface area contributed by atoms with Crippen molar-refractivity contribution in [3.8, 4) is 0 Å². The Morgan fingerprint density at radius 1 is 1.35 bits per heavy atom. The van der Waals surface area contributed by atoms with E-state index in [2.05, 4.69) is 30.5 Å². The van der Waals surface area contributed by atoms with E-state index < -0.39 is 0 Å². The summed E-state index contributed by atoms with van der Waals surface area (Å²) in [6.07, 6.45) is 6.70. The number of nitrogens with zero attached hydrogens (tertiary/aromatic N) is 1. The van der Waals surface area contributed by atoms with Crippen LogP contribution in [-0.4, -0.2) is 41.1 Å². The Bertz CT molecular complexity index is 236. The first-order chi connectivity index (χ1) is 8.20. The molecule has 1 atom stereocenters. The molecule has 0 bridgehead atoms. The van der Waals surface area contributed by atoms with E-state index >= 15 is 0 Å². The SMILES string of the molecule is CCC1CN(C2(CN)CCC(C)CC2)CCS1. The van der Waals surface area contributed by atoms with Crippen molar-refractivity contribution in [3.63, 3.8) is 0 Å². The fraction of sp³-hybridized carbons (Fsp3) is 1.00. The molecule has 1 saturated heterocycles. The molecule has 3 heteroatoms. The van der Waals surface area contributed by atoms with Crippen LogP contribution < -0.4 is 5.73 Å². The molecule has 2 fully saturated rings. The van der Waals surface area contributed by atoms with Crippen molar-refractivity contribution in [1.29, 1.82) is 0 Å². The van der Waals surface area contributed by atoms with Gasteiger partial charge in [0.05, 0.1) is 0 Å². The fourth-order valence-corrected chi connectivity index (χ4v) is 4.53. The van der Waals surface area contributed by atoms with Gasteiger partial charge in [-0.1, -0.05) is 13.8 Å². The Hall–Kier alpha value is 0.270. The molecule has 17 heavy (non-hydrogen) atoms. The molecule has 0 aromatic carbocycles. The molecule has 2 rings (SSSR count). The molecule has 1 saturated carbocycles. The van der Waals surface area contributed by atoms with Crippen LogP contribution in [0.5, 0.6) is 0 Å². The van der Waals surface area contributed by atoms with E-state index in [-0.39, 0.29) is 0 Å². The van der Waals surface area contributed by atoms with Crippen molar-refractivity contribution in [2.45, 2.75) is 56.7 Å². The summed E-state index contributed by atoms with van der Waals surface area (Å²) in [7, 11) is 0. The van der Waals surface area contributed by atoms with Crippen LogP contribution in [0.15, 0.2) is 0 Å². The smallest absolute Gasteiger partial charge is 0.0332 e. The van der Waals surface area contributed by atoms with E-state index in [1.54, 1.807) is 0 Å². The lowest BCUT2D eigenvalue weighted by molar-refractivity contribution is 0.0473. The van der Waals surface area contributed by atoms with Crippen molar-refractivity contribution in [2.24, 2.45) is 11.7 Å². The van der Waals surface area contributed by atoms with E-state index in [0.717, 1.165) is 17.7 Å². The lowest BCUT2D eigenvalue weighted by Crippen LogP contribution is -2.59. The molecule has 0 aromatic heterocycles. The van der Waals surface area contributed by atoms with Gasteiger partial charge in [-0.3, -0.25) is 4.90 Å². The summed E-state index contributed by atoms with van der Waals surface area (Å²) >= 11 is 2.16. The molecule has 2 N–H and O–H groups in total. The third kappa shape index (κ3) is 2.99. The van der Waals surface area contributed by atoms with Gasteiger partial charge in [-0.25, -0.2) is 0 Å². The van der Waals surface area contributed by atoms with Crippen LogP contribution in [-0.2, 0) is 0 Å². The molecule has 0 amide bonds. The molecule has 1 aliphatic carbocycles. The molecule has 0 spiro atoms. The third-order valence-electron chi connectivity index (χ3n) is 4.85. The lowest BCUT2D eigenvalue weighted by atomic mass is 9.76. The predicted octanol–water partition coefficient (Wildman–Crippen LogP) is 2.72. The van der Waals surface area contributed by atoms with E-state index in [0.29, 0.717) is 5.54 Å². The van der Waals surface area contributed by atoms with Crippen LogP contribution >= 0.6 is 11.8 Å². The maximum Gasteiger partial charge on any atom is 0.0332 e. The van der Waals surface area contributed by atoms with Gasteiger partial charge in [0, 0.05) is 36.2 Å². The van der Waals surface area contributed by atoms with Crippen molar-refractivity contribution in [1.82, 2.24) is 4.90 Å². The van der Waals surface area contributed by atoms with Gasteiger partial charge in [0.15, 0.2) is 0 Å². The summed E-state index contributed by atoms with van der Waals surface area (Å²) in [5.41, 5.74) is 6.50. The monoisotopic (exact) mass is 256 g/mol. The van der Waals surface area contributed by atoms with Crippen LogP contribution in [0.3, 0.4) is 0 Å². The average molecular weight is 256 g/mol. The highest BCUT2D eigenvalue weighted by molar-refractivity contribution is 8.00. The zero-order valence-corrected chi connectivity index (χ0v) is 12.3. The fourth-order valence-electron chi connectivity index (χ4n) is 3.35. The Morgan fingerprint density at radius 2 is 2.06 bits per heavy atom. The Morgan fingerprint density at radius 3 is 2.65 bits per heavy atom. The molecule has 2 aliphatic rings. The third-order valence-corrected chi connectivity index (χ3v) is 6.22. The number of thioether (sulfide) groups is 1. The van der Waals surface area contributed by atoms with Gasteiger partial charge in [-0.05, 0) is 38.0 Å². The standard InChI is InChI=1S/C14H28N2S/c1-3-13-10-16(8-9-17-13)14(11-15)6-4-12(2)5-7-14/h12-13H,3-11,15H2,1-2H3. The minimum Gasteiger partial charge on any atom is -0.329 e. The molecular weight excluding hydrogens is 228 g/mol. The quantitative estimate of drug-likeness (QED) is 0.842. The first-order valence-corrected chi connectivity index (χ1v) is 8.32. The Labute approximate surface area is 111 Å². The second-order valence-electron chi connectivity index (χ2n) is 5.96. The van der Waals surface area contributed by atoms with Crippen molar-refractivity contribution >= 4 is 11.8 Å². The summed E-state index contributed by atoms with van der Waals surface area (Å²) in [5.74, 6) is 2.21. The van der Waals surface area contributed by atoms with Gasteiger partial charge in [0.2, 0.25) is 0 Å². The normalized spacial score (nSPS) is 40.4. The average Bonchev–Trinajstić information content (AvgIpc) is 2.40. The minimum absolute atomic E-state index is 0.348. The lowest BCUT2D eigenvalue weighted by Gasteiger charge is -2.50. The number of hydrogen-bond acceptors (Lipinski definition) is 3. The largest absolute Gasteiger partial charge is 0.329 e. The van der Waals surface area contributed by atoms with E-state index in [1.165, 1.54) is 50.9 Å². The maximum atomic E-state index is 6.15. The van der Waals surface area contributed by atoms with Gasteiger partial charge >= 0.3 is 0 Å². The highest BCUT2D eigenvalue weighted by Crippen LogP contribution is 2.38. The summed E-state index contributed by atoms with van der Waals surface area (Å²) in [6.45, 7) is 8.10. The summed E-state index contributed by atoms with van der Waals surface area (Å²) in [6, 6.07) is 0. The molecule has 0 radical (unpaired) electrons. The summed E-state index contributed by atoms with van der Waals surface area (Å²) in [4.78, 5) is 2.74. The molecule has 1 heterocycles. The van der Waals surface area contributed by atoms with Crippen LogP contribution in [0, 0.1) is 5.92 Å². The highest BCUT2D eigenvalue weighted by atomic mass is 32.2. The van der Waals surface area contributed by atoms with E-state index in [4.69, 9.17) is 5.73 Å². The molecule has 2 nitrogen and oxygen atoms in total. The molecular formula is C14H28N2S. The van der Waals surface area contributed by atoms with Crippen LogP contribution in [0.4, 0.5) is 0 Å². The Balaban J connectivity index is 2.01. The van der Waals surface area contributed by atoms with Crippen LogP contribution in [0.25, 0.3) is 0 Å². The van der Waals surface area contributed by atoms with Gasteiger partial charge in [-0.2, -0.15) is 11.8 Å². The molecule has 1 aliphatic heterocycles. The second kappa shape index (κ2) is 5.94. The van der Waals surface area contributed by atoms with Gasteiger partial charge in [-0.15, -0.1) is 0 Å². The molecule has 0 aromatic rings. The van der Waals surface area contributed by atoms with Crippen molar-refractivity contribution in [3.05, 3.63) is 0 Å². The zero-order chi connectivity index (χ0) is 12.3. The maximum absolute atomic E-state index is 6.15. The van der Waals surface area contributed by atoms with Crippen LogP contribution in [0.2, 0.25) is 0 Å². The topological polar surface area (TPSA) is 29.3 Å². The summed E-state index contributed by atoms with van der Waals surface area (Å²) in [5, 5.41) is 0.839. The van der Waals surface area contributed by atoms with Gasteiger partial charge in [0.25, 0.3) is 0 Å². The number of hydrogen-bond donors (Lipinski definition) is 1. The first-order valence-electron chi connectivity index (χ1n) is 7.27. The van der Waals surface area contributed by atoms with Crippen molar-refractivity contribution < 1.29 is 0 Å². The molecule has 100 valence electrons. The predicted molar refractivity (Wildman–Crippen MR) is 77.5 cm³/mol. The first kappa shape index (κ1) is 13.7. The van der Waals surface area contributed by atoms with Gasteiger partial charge in [0.1, 0.15) is 0 Å². The molecule has 1 unspecified atom stereocenters. The number of nitrogens with two attached hydrogens (primary N) is 1. The Kier molecular flexibility index (Phi) is 4.79. The minimum atomic E-state index is 0.348. The second-order valence-corrected chi connectivity index (χ2v) is 7.37.